The molecule has 2 rings (SSSR count). The molecule has 0 aliphatic carbocycles. The fraction of sp³-hybridized carbons (Fsp3) is 0.133. The quantitative estimate of drug-likeness (QED) is 0.886. The zero-order chi connectivity index (χ0) is 16.2. The first kappa shape index (κ1) is 16.1. The third-order valence-electron chi connectivity index (χ3n) is 2.86. The molecule has 0 aliphatic rings. The van der Waals surface area contributed by atoms with Gasteiger partial charge in [-0.05, 0) is 42.0 Å². The first-order valence-corrected chi connectivity index (χ1v) is 7.97. The summed E-state index contributed by atoms with van der Waals surface area (Å²) in [5, 5.41) is 2.56. The maximum absolute atomic E-state index is 12.8. The lowest BCUT2D eigenvalue weighted by Crippen LogP contribution is -2.23. The molecule has 0 atom stereocenters. The predicted molar refractivity (Wildman–Crippen MR) is 81.2 cm³/mol. The molecular formula is C15H15FN2O3S. The molecule has 0 aromatic heterocycles. The van der Waals surface area contributed by atoms with E-state index in [0.717, 1.165) is 0 Å². The maximum atomic E-state index is 12.8. The van der Waals surface area contributed by atoms with Crippen molar-refractivity contribution in [2.24, 2.45) is 0 Å². The Bertz CT molecular complexity index is 756. The van der Waals surface area contributed by atoms with E-state index >= 15 is 0 Å². The molecule has 0 radical (unpaired) electrons. The minimum absolute atomic E-state index is 0.0655. The molecule has 0 aliphatic heterocycles. The van der Waals surface area contributed by atoms with Crippen LogP contribution in [0.2, 0.25) is 0 Å². The second kappa shape index (κ2) is 6.67. The van der Waals surface area contributed by atoms with Crippen molar-refractivity contribution in [3.05, 3.63) is 59.9 Å². The van der Waals surface area contributed by atoms with Gasteiger partial charge in [0.2, 0.25) is 15.9 Å². The van der Waals surface area contributed by atoms with Crippen LogP contribution in [0.25, 0.3) is 0 Å². The van der Waals surface area contributed by atoms with E-state index in [1.807, 2.05) is 0 Å². The largest absolute Gasteiger partial charge is 0.326 e. The Morgan fingerprint density at radius 3 is 2.18 bits per heavy atom. The van der Waals surface area contributed by atoms with E-state index in [-0.39, 0.29) is 23.2 Å². The van der Waals surface area contributed by atoms with Gasteiger partial charge < -0.3 is 5.32 Å². The lowest BCUT2D eigenvalue weighted by atomic mass is 10.2. The van der Waals surface area contributed by atoms with Crippen molar-refractivity contribution in [1.82, 2.24) is 4.72 Å². The van der Waals surface area contributed by atoms with E-state index in [1.54, 1.807) is 0 Å². The molecule has 2 aromatic rings. The number of hydrogen-bond acceptors (Lipinski definition) is 3. The van der Waals surface area contributed by atoms with Gasteiger partial charge in [-0.3, -0.25) is 4.79 Å². The van der Waals surface area contributed by atoms with Gasteiger partial charge in [0, 0.05) is 19.2 Å². The summed E-state index contributed by atoms with van der Waals surface area (Å²) in [6.45, 7) is 1.44. The molecule has 22 heavy (non-hydrogen) atoms. The van der Waals surface area contributed by atoms with Crippen LogP contribution >= 0.6 is 0 Å². The Labute approximate surface area is 128 Å². The van der Waals surface area contributed by atoms with Crippen molar-refractivity contribution >= 4 is 21.6 Å². The Hall–Kier alpha value is -2.25. The van der Waals surface area contributed by atoms with Crippen molar-refractivity contribution < 1.29 is 17.6 Å². The monoisotopic (exact) mass is 322 g/mol. The van der Waals surface area contributed by atoms with Gasteiger partial charge in [0.15, 0.2) is 0 Å². The smallest absolute Gasteiger partial charge is 0.240 e. The number of hydrogen-bond donors (Lipinski definition) is 2. The molecule has 2 aromatic carbocycles. The number of carbonyl (C=O) groups is 1. The van der Waals surface area contributed by atoms with Crippen LogP contribution in [-0.2, 0) is 21.4 Å². The van der Waals surface area contributed by atoms with Crippen molar-refractivity contribution in [3.8, 4) is 0 Å². The molecule has 116 valence electrons. The molecule has 0 saturated carbocycles. The highest BCUT2D eigenvalue weighted by atomic mass is 32.2. The SMILES string of the molecule is CC(=O)Nc1ccc(S(=O)(=O)NCc2ccc(F)cc2)cc1. The number of carbonyl (C=O) groups excluding carboxylic acids is 1. The minimum atomic E-state index is -3.67. The van der Waals surface area contributed by atoms with Crippen LogP contribution < -0.4 is 10.0 Å². The third-order valence-corrected chi connectivity index (χ3v) is 4.28. The van der Waals surface area contributed by atoms with Gasteiger partial charge in [0.1, 0.15) is 5.82 Å². The third kappa shape index (κ3) is 4.37. The number of anilines is 1. The summed E-state index contributed by atoms with van der Waals surface area (Å²) in [7, 11) is -3.67. The molecule has 0 unspecified atom stereocenters. The normalized spacial score (nSPS) is 11.2. The molecule has 5 nitrogen and oxygen atoms in total. The van der Waals surface area contributed by atoms with Gasteiger partial charge in [-0.2, -0.15) is 0 Å². The first-order chi connectivity index (χ1) is 10.4. The van der Waals surface area contributed by atoms with Crippen LogP contribution in [0.15, 0.2) is 53.4 Å². The first-order valence-electron chi connectivity index (χ1n) is 6.48. The van der Waals surface area contributed by atoms with Gasteiger partial charge in [0.25, 0.3) is 0 Å². The minimum Gasteiger partial charge on any atom is -0.326 e. The second-order valence-corrected chi connectivity index (χ2v) is 6.42. The highest BCUT2D eigenvalue weighted by molar-refractivity contribution is 7.89. The molecule has 0 spiro atoms. The highest BCUT2D eigenvalue weighted by Gasteiger charge is 2.13. The summed E-state index contributed by atoms with van der Waals surface area (Å²) in [4.78, 5) is 11.0. The lowest BCUT2D eigenvalue weighted by molar-refractivity contribution is -0.114. The summed E-state index contributed by atoms with van der Waals surface area (Å²) < 4.78 is 39.5. The van der Waals surface area contributed by atoms with Crippen molar-refractivity contribution in [1.29, 1.82) is 0 Å². The summed E-state index contributed by atoms with van der Waals surface area (Å²) in [5.74, 6) is -0.606. The van der Waals surface area contributed by atoms with Crippen molar-refractivity contribution in [3.63, 3.8) is 0 Å². The molecule has 0 bridgehead atoms. The molecule has 7 heteroatoms. The summed E-state index contributed by atoms with van der Waals surface area (Å²) in [6.07, 6.45) is 0. The predicted octanol–water partition coefficient (Wildman–Crippen LogP) is 2.26. The van der Waals surface area contributed by atoms with E-state index in [2.05, 4.69) is 10.0 Å². The van der Waals surface area contributed by atoms with Gasteiger partial charge in [-0.15, -0.1) is 0 Å². The molecule has 1 amide bonds. The molecular weight excluding hydrogens is 307 g/mol. The van der Waals surface area contributed by atoms with Crippen LogP contribution in [0, 0.1) is 5.82 Å². The number of amides is 1. The van der Waals surface area contributed by atoms with Crippen molar-refractivity contribution in [2.75, 3.05) is 5.32 Å². The number of nitrogens with one attached hydrogen (secondary N) is 2. The fourth-order valence-electron chi connectivity index (χ4n) is 1.78. The van der Waals surface area contributed by atoms with Crippen LogP contribution in [0.1, 0.15) is 12.5 Å². The Morgan fingerprint density at radius 2 is 1.64 bits per heavy atom. The van der Waals surface area contributed by atoms with Crippen LogP contribution in [0.5, 0.6) is 0 Å². The zero-order valence-corrected chi connectivity index (χ0v) is 12.7. The second-order valence-electron chi connectivity index (χ2n) is 4.66. The number of sulfonamides is 1. The fourth-order valence-corrected chi connectivity index (χ4v) is 2.80. The average Bonchev–Trinajstić information content (AvgIpc) is 2.47. The van der Waals surface area contributed by atoms with E-state index in [1.165, 1.54) is 55.5 Å². The van der Waals surface area contributed by atoms with Crippen molar-refractivity contribution in [2.45, 2.75) is 18.4 Å². The van der Waals surface area contributed by atoms with E-state index in [4.69, 9.17) is 0 Å². The van der Waals surface area contributed by atoms with Crippen LogP contribution in [0.3, 0.4) is 0 Å². The molecule has 0 saturated heterocycles. The van der Waals surface area contributed by atoms with Gasteiger partial charge in [-0.25, -0.2) is 17.5 Å². The summed E-state index contributed by atoms with van der Waals surface area (Å²) in [5.41, 5.74) is 1.17. The zero-order valence-electron chi connectivity index (χ0n) is 11.8. The Morgan fingerprint density at radius 1 is 1.05 bits per heavy atom. The van der Waals surface area contributed by atoms with Gasteiger partial charge in [-0.1, -0.05) is 12.1 Å². The van der Waals surface area contributed by atoms with E-state index in [0.29, 0.717) is 11.3 Å². The van der Waals surface area contributed by atoms with Gasteiger partial charge in [0.05, 0.1) is 4.90 Å². The lowest BCUT2D eigenvalue weighted by Gasteiger charge is -2.08. The topological polar surface area (TPSA) is 75.3 Å². The highest BCUT2D eigenvalue weighted by Crippen LogP contribution is 2.14. The molecule has 0 heterocycles. The van der Waals surface area contributed by atoms with Crippen LogP contribution in [0.4, 0.5) is 10.1 Å². The Kier molecular flexibility index (Phi) is 4.89. The van der Waals surface area contributed by atoms with E-state index < -0.39 is 10.0 Å². The van der Waals surface area contributed by atoms with Gasteiger partial charge >= 0.3 is 0 Å². The Balaban J connectivity index is 2.06. The molecule has 2 N–H and O–H groups in total. The van der Waals surface area contributed by atoms with E-state index in [9.17, 15) is 17.6 Å². The molecule has 0 fully saturated rings. The number of benzene rings is 2. The van der Waals surface area contributed by atoms with Crippen LogP contribution in [-0.4, -0.2) is 14.3 Å². The summed E-state index contributed by atoms with van der Waals surface area (Å²) >= 11 is 0. The standard InChI is InChI=1S/C15H15FN2O3S/c1-11(19)18-14-6-8-15(9-7-14)22(20,21)17-10-12-2-4-13(16)5-3-12/h2-9,17H,10H2,1H3,(H,18,19). The average molecular weight is 322 g/mol. The number of halogens is 1. The number of rotatable bonds is 5. The maximum Gasteiger partial charge on any atom is 0.240 e. The summed E-state index contributed by atoms with van der Waals surface area (Å²) in [6, 6.07) is 11.4.